The van der Waals surface area contributed by atoms with E-state index in [1.54, 1.807) is 0 Å². The molecule has 1 aliphatic rings. The van der Waals surface area contributed by atoms with E-state index in [0.717, 1.165) is 32.1 Å². The lowest BCUT2D eigenvalue weighted by Gasteiger charge is -2.22. The van der Waals surface area contributed by atoms with Crippen LogP contribution in [-0.2, 0) is 20.8 Å². The van der Waals surface area contributed by atoms with Crippen molar-refractivity contribution in [2.24, 2.45) is 5.73 Å². The van der Waals surface area contributed by atoms with Crippen molar-refractivity contribution < 1.29 is 14.4 Å². The predicted octanol–water partition coefficient (Wildman–Crippen LogP) is 1.38. The highest BCUT2D eigenvalue weighted by molar-refractivity contribution is 5.90. The molecule has 1 atom stereocenters. The number of benzene rings is 1. The Bertz CT molecular complexity index is 589. The molecule has 3 N–H and O–H groups in total. The summed E-state index contributed by atoms with van der Waals surface area (Å²) in [7, 11) is 0. The maximum atomic E-state index is 12.1. The molecule has 0 aliphatic carbocycles. The van der Waals surface area contributed by atoms with Gasteiger partial charge in [-0.05, 0) is 37.7 Å². The number of nitrogens with one attached hydrogen (secondary N) is 1. The summed E-state index contributed by atoms with van der Waals surface area (Å²) in [5.74, 6) is -0.836. The fourth-order valence-electron chi connectivity index (χ4n) is 3.16. The first-order valence-electron chi connectivity index (χ1n) is 8.97. The van der Waals surface area contributed by atoms with Gasteiger partial charge in [-0.3, -0.25) is 14.4 Å². The van der Waals surface area contributed by atoms with Gasteiger partial charge in [0.05, 0.1) is 6.54 Å². The number of rotatable bonds is 9. The van der Waals surface area contributed by atoms with Gasteiger partial charge in [0, 0.05) is 13.0 Å². The van der Waals surface area contributed by atoms with Crippen molar-refractivity contribution >= 4 is 17.7 Å². The number of hydrogen-bond donors (Lipinski definition) is 2. The van der Waals surface area contributed by atoms with Gasteiger partial charge in [-0.15, -0.1) is 0 Å². The Labute approximate surface area is 148 Å². The van der Waals surface area contributed by atoms with E-state index in [4.69, 9.17) is 5.73 Å². The van der Waals surface area contributed by atoms with Gasteiger partial charge in [-0.2, -0.15) is 0 Å². The van der Waals surface area contributed by atoms with Crippen molar-refractivity contribution in [1.82, 2.24) is 10.2 Å². The van der Waals surface area contributed by atoms with E-state index in [-0.39, 0.29) is 18.4 Å². The van der Waals surface area contributed by atoms with Gasteiger partial charge in [0.25, 0.3) is 0 Å². The lowest BCUT2D eigenvalue weighted by atomic mass is 10.1. The summed E-state index contributed by atoms with van der Waals surface area (Å²) in [6.45, 7) is 0.467. The normalized spacial score (nSPS) is 16.6. The van der Waals surface area contributed by atoms with Crippen LogP contribution in [-0.4, -0.2) is 41.8 Å². The number of carbonyl (C=O) groups excluding carboxylic acids is 3. The topological polar surface area (TPSA) is 92.5 Å². The van der Waals surface area contributed by atoms with Gasteiger partial charge in [0.2, 0.25) is 17.7 Å². The first kappa shape index (κ1) is 19.0. The number of hydrogen-bond acceptors (Lipinski definition) is 3. The van der Waals surface area contributed by atoms with Crippen LogP contribution in [0.3, 0.4) is 0 Å². The quantitative estimate of drug-likeness (QED) is 0.662. The Morgan fingerprint density at radius 1 is 1.12 bits per heavy atom. The molecule has 2 rings (SSSR count). The van der Waals surface area contributed by atoms with Gasteiger partial charge in [-0.25, -0.2) is 0 Å². The molecular formula is C19H27N3O3. The molecule has 1 heterocycles. The van der Waals surface area contributed by atoms with Crippen molar-refractivity contribution in [2.45, 2.75) is 51.0 Å². The SMILES string of the molecule is NC(=O)C1CCCN1C(=O)CNC(=O)CCCCCc1ccccc1. The standard InChI is InChI=1S/C19H27N3O3/c20-19(25)16-11-7-13-22(16)18(24)14-21-17(23)12-6-2-5-10-15-8-3-1-4-9-15/h1,3-4,8-9,16H,2,5-7,10-14H2,(H2,20,25)(H,21,23). The molecule has 0 spiro atoms. The molecule has 1 unspecified atom stereocenters. The third kappa shape index (κ3) is 6.21. The highest BCUT2D eigenvalue weighted by Gasteiger charge is 2.32. The highest BCUT2D eigenvalue weighted by atomic mass is 16.2. The van der Waals surface area contributed by atoms with Gasteiger partial charge in [0.1, 0.15) is 6.04 Å². The van der Waals surface area contributed by atoms with E-state index in [2.05, 4.69) is 17.4 Å². The third-order valence-corrected chi connectivity index (χ3v) is 4.55. The Balaban J connectivity index is 1.57. The van der Waals surface area contributed by atoms with Gasteiger partial charge < -0.3 is 16.0 Å². The zero-order chi connectivity index (χ0) is 18.1. The maximum Gasteiger partial charge on any atom is 0.242 e. The molecule has 0 bridgehead atoms. The molecule has 1 aliphatic heterocycles. The third-order valence-electron chi connectivity index (χ3n) is 4.55. The van der Waals surface area contributed by atoms with Crippen LogP contribution in [0, 0.1) is 0 Å². The Hall–Kier alpha value is -2.37. The number of aryl methyl sites for hydroxylation is 1. The zero-order valence-electron chi connectivity index (χ0n) is 14.6. The number of likely N-dealkylation sites (tertiary alicyclic amines) is 1. The van der Waals surface area contributed by atoms with Crippen molar-refractivity contribution in [1.29, 1.82) is 0 Å². The second-order valence-electron chi connectivity index (χ2n) is 6.47. The average molecular weight is 345 g/mol. The smallest absolute Gasteiger partial charge is 0.242 e. The van der Waals surface area contributed by atoms with Gasteiger partial charge >= 0.3 is 0 Å². The van der Waals surface area contributed by atoms with Crippen LogP contribution in [0.25, 0.3) is 0 Å². The first-order valence-corrected chi connectivity index (χ1v) is 8.97. The number of primary amides is 1. The molecule has 0 radical (unpaired) electrons. The molecule has 1 aromatic rings. The molecule has 1 saturated heterocycles. The number of carbonyl (C=O) groups is 3. The molecule has 25 heavy (non-hydrogen) atoms. The molecule has 6 heteroatoms. The lowest BCUT2D eigenvalue weighted by molar-refractivity contribution is -0.137. The fraction of sp³-hybridized carbons (Fsp3) is 0.526. The van der Waals surface area contributed by atoms with Gasteiger partial charge in [-0.1, -0.05) is 36.8 Å². The summed E-state index contributed by atoms with van der Waals surface area (Å²) in [5, 5.41) is 2.65. The number of amides is 3. The molecular weight excluding hydrogens is 318 g/mol. The Morgan fingerprint density at radius 3 is 2.60 bits per heavy atom. The second kappa shape index (κ2) is 9.81. The summed E-state index contributed by atoms with van der Waals surface area (Å²) >= 11 is 0. The van der Waals surface area contributed by atoms with E-state index in [1.165, 1.54) is 10.5 Å². The fourth-order valence-corrected chi connectivity index (χ4v) is 3.16. The summed E-state index contributed by atoms with van der Waals surface area (Å²) in [4.78, 5) is 36.7. The van der Waals surface area contributed by atoms with Crippen LogP contribution in [0.15, 0.2) is 30.3 Å². The number of nitrogens with two attached hydrogens (primary N) is 1. The molecule has 1 aromatic carbocycles. The Morgan fingerprint density at radius 2 is 1.88 bits per heavy atom. The highest BCUT2D eigenvalue weighted by Crippen LogP contribution is 2.16. The minimum absolute atomic E-state index is 0.0629. The molecule has 6 nitrogen and oxygen atoms in total. The summed E-state index contributed by atoms with van der Waals surface area (Å²) < 4.78 is 0. The number of unbranched alkanes of at least 4 members (excludes halogenated alkanes) is 2. The zero-order valence-corrected chi connectivity index (χ0v) is 14.6. The average Bonchev–Trinajstić information content (AvgIpc) is 3.10. The molecule has 3 amide bonds. The lowest BCUT2D eigenvalue weighted by Crippen LogP contribution is -2.47. The first-order chi connectivity index (χ1) is 12.1. The minimum Gasteiger partial charge on any atom is -0.368 e. The molecule has 0 saturated carbocycles. The van der Waals surface area contributed by atoms with Crippen LogP contribution >= 0.6 is 0 Å². The molecule has 0 aromatic heterocycles. The Kier molecular flexibility index (Phi) is 7.44. The summed E-state index contributed by atoms with van der Waals surface area (Å²) in [5.41, 5.74) is 6.61. The van der Waals surface area contributed by atoms with Crippen molar-refractivity contribution in [3.8, 4) is 0 Å². The van der Waals surface area contributed by atoms with Crippen LogP contribution in [0.5, 0.6) is 0 Å². The van der Waals surface area contributed by atoms with Crippen LogP contribution in [0.2, 0.25) is 0 Å². The number of nitrogens with zero attached hydrogens (tertiary/aromatic N) is 1. The van der Waals surface area contributed by atoms with E-state index in [1.807, 2.05) is 18.2 Å². The van der Waals surface area contributed by atoms with Crippen LogP contribution in [0.1, 0.15) is 44.1 Å². The summed E-state index contributed by atoms with van der Waals surface area (Å²) in [6, 6.07) is 9.75. The minimum atomic E-state index is -0.526. The van der Waals surface area contributed by atoms with E-state index >= 15 is 0 Å². The predicted molar refractivity (Wildman–Crippen MR) is 95.6 cm³/mol. The van der Waals surface area contributed by atoms with Gasteiger partial charge in [0.15, 0.2) is 0 Å². The van der Waals surface area contributed by atoms with Crippen molar-refractivity contribution in [3.05, 3.63) is 35.9 Å². The van der Waals surface area contributed by atoms with Crippen LogP contribution in [0.4, 0.5) is 0 Å². The summed E-state index contributed by atoms with van der Waals surface area (Å²) in [6.07, 6.45) is 5.65. The molecule has 1 fully saturated rings. The maximum absolute atomic E-state index is 12.1. The van der Waals surface area contributed by atoms with E-state index < -0.39 is 11.9 Å². The second-order valence-corrected chi connectivity index (χ2v) is 6.47. The van der Waals surface area contributed by atoms with Crippen molar-refractivity contribution in [3.63, 3.8) is 0 Å². The largest absolute Gasteiger partial charge is 0.368 e. The van der Waals surface area contributed by atoms with Crippen LogP contribution < -0.4 is 11.1 Å². The van der Waals surface area contributed by atoms with E-state index in [9.17, 15) is 14.4 Å². The monoisotopic (exact) mass is 345 g/mol. The van der Waals surface area contributed by atoms with E-state index in [0.29, 0.717) is 19.4 Å². The molecule has 136 valence electrons. The van der Waals surface area contributed by atoms with Crippen molar-refractivity contribution in [2.75, 3.05) is 13.1 Å².